The molecular weight excluding hydrogens is 2050 g/mol. The molecule has 0 bridgehead atoms. The van der Waals surface area contributed by atoms with Gasteiger partial charge in [0.1, 0.15) is 45.9 Å². The lowest BCUT2D eigenvalue weighted by Crippen LogP contribution is -2.42. The molecule has 814 valence electrons. The van der Waals surface area contributed by atoms with Crippen molar-refractivity contribution in [3.63, 3.8) is 0 Å². The average Bonchev–Trinajstić information content (AvgIpc) is 1.72. The zero-order chi connectivity index (χ0) is 108. The van der Waals surface area contributed by atoms with Crippen LogP contribution in [-0.2, 0) is 63.6 Å². The summed E-state index contributed by atoms with van der Waals surface area (Å²) >= 11 is 18.9. The molecule has 5 aliphatic heterocycles. The van der Waals surface area contributed by atoms with E-state index < -0.39 is 119 Å². The quantitative estimate of drug-likeness (QED) is 0.0253. The Morgan fingerprint density at radius 2 is 0.597 bits per heavy atom. The van der Waals surface area contributed by atoms with Crippen LogP contribution in [0, 0.1) is 43.1 Å². The van der Waals surface area contributed by atoms with Crippen LogP contribution >= 0.6 is 34.8 Å². The van der Waals surface area contributed by atoms with Gasteiger partial charge in [-0.2, -0.15) is 91.3 Å². The molecule has 5 N–H and O–H groups in total. The second-order valence-corrected chi connectivity index (χ2v) is 39.3. The number of hydrogen-bond acceptors (Lipinski definition) is 15. The summed E-state index contributed by atoms with van der Waals surface area (Å²) in [5.41, 5.74) is -2.65. The van der Waals surface area contributed by atoms with Gasteiger partial charge in [0.05, 0.1) is 6.54 Å². The number of H-pyrrole nitrogens is 5. The Morgan fingerprint density at radius 3 is 0.906 bits per heavy atom. The van der Waals surface area contributed by atoms with Gasteiger partial charge >= 0.3 is 30.9 Å². The number of carbonyl (C=O) groups is 5. The highest BCUT2D eigenvalue weighted by Crippen LogP contribution is 2.36. The molecule has 0 radical (unpaired) electrons. The van der Waals surface area contributed by atoms with Crippen LogP contribution in [-0.4, -0.2) is 260 Å². The number of likely N-dealkylation sites (tertiary alicyclic amines) is 5. The number of halogens is 21. The molecular formula is C103H125Cl3F18N20O5. The molecule has 0 aliphatic carbocycles. The number of carbonyl (C=O) groups excluding carboxylic acids is 5. The Labute approximate surface area is 867 Å². The maximum absolute atomic E-state index is 14.1. The van der Waals surface area contributed by atoms with E-state index >= 15 is 0 Å². The smallest absolute Gasteiger partial charge is 0.332 e. The van der Waals surface area contributed by atoms with Gasteiger partial charge in [0.15, 0.2) is 28.5 Å². The SMILES string of the molecule is CCC1CCN(CCN(Cc2ccccc2Cl)C(=O)c2cc(C(F)(F)F)[nH]n2)CC1.Cc1ccc(Cl)c(CN(CCN2CCCC(C)C2)C(=O)c2cc(C(F)(F)F)[nH]n2)c1.Cc1ccc(Cl)c(CN(CCN2CCCCCC2)C(=O)c2cc(C(F)(F)F)[nH]n2)c1.O=C(c1cc(C(F)(F)F)[nH]n1)N(CCN1CCCCCC1)Cc1c(F)cccc1F.O=C(c1cc(C(F)(F)F)[nH]n1)N(CCN1CCCCCC1)Cc1ccccc1F. The molecule has 46 heteroatoms. The number of alkyl halides is 15. The summed E-state index contributed by atoms with van der Waals surface area (Å²) < 4.78 is 236. The first-order valence-electron chi connectivity index (χ1n) is 49.9. The number of hydrogen-bond donors (Lipinski definition) is 5. The van der Waals surface area contributed by atoms with E-state index in [1.54, 1.807) is 53.6 Å². The summed E-state index contributed by atoms with van der Waals surface area (Å²) in [5.74, 6) is -3.89. The van der Waals surface area contributed by atoms with E-state index in [0.717, 1.165) is 205 Å². The molecule has 1 atom stereocenters. The lowest BCUT2D eigenvalue weighted by Gasteiger charge is -2.33. The number of aryl methyl sites for hydroxylation is 2. The molecule has 1 unspecified atom stereocenters. The van der Waals surface area contributed by atoms with Crippen molar-refractivity contribution in [1.82, 2.24) is 100.0 Å². The first kappa shape index (κ1) is 118. The van der Waals surface area contributed by atoms with Crippen molar-refractivity contribution in [2.45, 2.75) is 200 Å². The molecule has 10 heterocycles. The Hall–Kier alpha value is -11.1. The standard InChI is InChI=1S/3C21H26ClF3N4O.C20H23F5N4O.C20H24F4N4O/c1-14-5-6-17(22)16(10-14)13-29(9-8-28-7-3-4-15(2)12-28)20(30)18-11-19(27-26-18)21(23,24)25;1-15-6-7-17(22)16(12-15)14-29(11-10-28-8-4-2-3-5-9-28)20(30)18-13-19(27-26-18)21(23,24)25;1-2-15-7-9-28(10-8-15)11-12-29(14-16-5-3-4-6-17(16)22)20(30)18-13-19(27-26-18)21(23,24)25;21-15-6-5-7-16(22)14(15)13-29(11-10-28-8-3-1-2-4-9-28)19(30)17-12-18(27-26-17)20(23,24)25;21-16-8-4-3-7-15(16)14-28(12-11-27-9-5-1-2-6-10-27)19(29)17-13-18(26-25-17)20(22,23)24/h5-6,10-11,15H,3-4,7-9,12-13H2,1-2H3,(H,26,27);6-7,12-13H,2-5,8-11,14H2,1H3,(H,26,27);3-6,13,15H,2,7-12,14H2,1H3,(H,26,27);5-7,12H,1-4,8-11,13H2,(H,26,27);3-4,7-8,13H,1-2,5-6,9-12,14H2,(H,25,26). The molecule has 5 fully saturated rings. The second-order valence-electron chi connectivity index (χ2n) is 38.0. The molecule has 5 aromatic heterocycles. The number of amides is 5. The number of rotatable bonds is 31. The van der Waals surface area contributed by atoms with Crippen LogP contribution < -0.4 is 0 Å². The molecule has 5 aliphatic rings. The largest absolute Gasteiger partial charge is 0.432 e. The Balaban J connectivity index is 0.000000177. The van der Waals surface area contributed by atoms with Gasteiger partial charge < -0.3 is 49.0 Å². The third-order valence-corrected chi connectivity index (χ3v) is 27.8. The van der Waals surface area contributed by atoms with Crippen LogP contribution in [0.4, 0.5) is 79.0 Å². The van der Waals surface area contributed by atoms with Crippen LogP contribution in [0.25, 0.3) is 0 Å². The monoisotopic (exact) mass is 2170 g/mol. The van der Waals surface area contributed by atoms with Gasteiger partial charge in [0.2, 0.25) is 0 Å². The lowest BCUT2D eigenvalue weighted by molar-refractivity contribution is -0.142. The highest BCUT2D eigenvalue weighted by Gasteiger charge is 2.41. The molecule has 0 spiro atoms. The van der Waals surface area contributed by atoms with E-state index in [2.05, 4.69) is 63.8 Å². The predicted octanol–water partition coefficient (Wildman–Crippen LogP) is 22.8. The summed E-state index contributed by atoms with van der Waals surface area (Å²) in [6, 6.07) is 31.2. The Morgan fingerprint density at radius 1 is 0.322 bits per heavy atom. The number of nitrogens with zero attached hydrogens (tertiary/aromatic N) is 15. The fourth-order valence-electron chi connectivity index (χ4n) is 18.1. The molecule has 5 aromatic carbocycles. The summed E-state index contributed by atoms with van der Waals surface area (Å²) in [5, 5.41) is 28.8. The maximum atomic E-state index is 14.1. The topological polar surface area (TPSA) is 261 Å². The third kappa shape index (κ3) is 36.9. The summed E-state index contributed by atoms with van der Waals surface area (Å²) in [6.07, 6.45) is -3.92. The van der Waals surface area contributed by atoms with Gasteiger partial charge in [-0.25, -0.2) is 13.2 Å². The van der Waals surface area contributed by atoms with Crippen molar-refractivity contribution in [2.75, 3.05) is 131 Å². The highest BCUT2D eigenvalue weighted by molar-refractivity contribution is 6.32. The van der Waals surface area contributed by atoms with Crippen molar-refractivity contribution < 1.29 is 103 Å². The van der Waals surface area contributed by atoms with Crippen molar-refractivity contribution in [2.24, 2.45) is 11.8 Å². The fraction of sp³-hybridized carbons (Fsp3) is 0.515. The number of aromatic amines is 5. The van der Waals surface area contributed by atoms with Crippen molar-refractivity contribution in [1.29, 1.82) is 0 Å². The molecule has 5 amide bonds. The van der Waals surface area contributed by atoms with Crippen LogP contribution in [0.1, 0.15) is 243 Å². The zero-order valence-corrected chi connectivity index (χ0v) is 85.5. The summed E-state index contributed by atoms with van der Waals surface area (Å²) in [7, 11) is 0. The van der Waals surface area contributed by atoms with E-state index in [1.807, 2.05) is 64.6 Å². The van der Waals surface area contributed by atoms with Crippen molar-refractivity contribution >= 4 is 64.3 Å². The summed E-state index contributed by atoms with van der Waals surface area (Å²) in [4.78, 5) is 83.2. The van der Waals surface area contributed by atoms with Crippen molar-refractivity contribution in [3.05, 3.63) is 262 Å². The average molecular weight is 2170 g/mol. The number of benzene rings is 5. The van der Waals surface area contributed by atoms with Crippen molar-refractivity contribution in [3.8, 4) is 0 Å². The highest BCUT2D eigenvalue weighted by atomic mass is 35.5. The Kier molecular flexibility index (Phi) is 44.2. The maximum Gasteiger partial charge on any atom is 0.432 e. The third-order valence-electron chi connectivity index (χ3n) is 26.7. The first-order valence-corrected chi connectivity index (χ1v) is 51.0. The summed E-state index contributed by atoms with van der Waals surface area (Å²) in [6.45, 7) is 22.3. The van der Waals surface area contributed by atoms with E-state index in [1.165, 1.54) is 70.3 Å². The minimum atomic E-state index is -4.68. The second kappa shape index (κ2) is 55.8. The fourth-order valence-corrected chi connectivity index (χ4v) is 18.6. The van der Waals surface area contributed by atoms with Crippen LogP contribution in [0.5, 0.6) is 0 Å². The molecule has 0 saturated carbocycles. The van der Waals surface area contributed by atoms with E-state index in [9.17, 15) is 103 Å². The molecule has 25 nitrogen and oxygen atoms in total. The first-order chi connectivity index (χ1) is 70.7. The van der Waals surface area contributed by atoms with Gasteiger partial charge in [-0.1, -0.05) is 171 Å². The number of nitrogens with one attached hydrogen (secondary N) is 5. The molecule has 15 rings (SSSR count). The lowest BCUT2D eigenvalue weighted by atomic mass is 9.94. The number of aromatic nitrogens is 10. The molecule has 5 saturated heterocycles. The van der Waals surface area contributed by atoms with Gasteiger partial charge in [-0.15, -0.1) is 0 Å². The molecule has 10 aromatic rings. The van der Waals surface area contributed by atoms with Gasteiger partial charge in [-0.3, -0.25) is 49.5 Å². The minimum Gasteiger partial charge on any atom is -0.332 e. The van der Waals surface area contributed by atoms with Gasteiger partial charge in [-0.05, 0) is 202 Å². The van der Waals surface area contributed by atoms with Crippen LogP contribution in [0.15, 0.2) is 133 Å². The van der Waals surface area contributed by atoms with E-state index in [4.69, 9.17) is 34.8 Å². The van der Waals surface area contributed by atoms with Crippen LogP contribution in [0.3, 0.4) is 0 Å². The molecule has 149 heavy (non-hydrogen) atoms. The van der Waals surface area contributed by atoms with E-state index in [-0.39, 0.29) is 67.6 Å². The van der Waals surface area contributed by atoms with Gasteiger partial charge in [0.25, 0.3) is 29.5 Å². The number of piperidine rings is 2. The normalized spacial score (nSPS) is 16.3. The van der Waals surface area contributed by atoms with Crippen LogP contribution in [0.2, 0.25) is 15.1 Å². The van der Waals surface area contributed by atoms with E-state index in [0.29, 0.717) is 91.0 Å². The Bertz CT molecular complexity index is 5750. The van der Waals surface area contributed by atoms with Gasteiger partial charge in [0, 0.05) is 155 Å². The predicted molar refractivity (Wildman–Crippen MR) is 527 cm³/mol. The zero-order valence-electron chi connectivity index (χ0n) is 83.2. The minimum absolute atomic E-state index is 0.0342.